The fourth-order valence-electron chi connectivity index (χ4n) is 4.79. The molecule has 0 fully saturated rings. The van der Waals surface area contributed by atoms with Crippen molar-refractivity contribution in [3.05, 3.63) is 115 Å². The molecule has 0 heterocycles. The van der Waals surface area contributed by atoms with E-state index in [1.54, 1.807) is 0 Å². The lowest BCUT2D eigenvalue weighted by Gasteiger charge is -2.18. The van der Waals surface area contributed by atoms with E-state index in [4.69, 9.17) is 5.73 Å². The van der Waals surface area contributed by atoms with Crippen LogP contribution in [-0.2, 0) is 0 Å². The minimum atomic E-state index is 0.782. The van der Waals surface area contributed by atoms with Gasteiger partial charge in [-0.3, -0.25) is 0 Å². The second-order valence-corrected chi connectivity index (χ2v) is 8.03. The number of fused-ring (bicyclic) bond motifs is 3. The van der Waals surface area contributed by atoms with Crippen LogP contribution in [0.15, 0.2) is 115 Å². The average molecular weight is 396 g/mol. The van der Waals surface area contributed by atoms with E-state index in [0.717, 1.165) is 11.3 Å². The minimum Gasteiger partial charge on any atom is -0.399 e. The van der Waals surface area contributed by atoms with Crippen LogP contribution < -0.4 is 5.73 Å². The number of anilines is 1. The first kappa shape index (κ1) is 17.7. The third-order valence-corrected chi connectivity index (χ3v) is 6.14. The van der Waals surface area contributed by atoms with Gasteiger partial charge in [-0.15, -0.1) is 0 Å². The maximum absolute atomic E-state index is 6.16. The molecule has 0 saturated heterocycles. The maximum atomic E-state index is 6.16. The van der Waals surface area contributed by atoms with E-state index in [9.17, 15) is 0 Å². The zero-order chi connectivity index (χ0) is 20.8. The van der Waals surface area contributed by atoms with Crippen LogP contribution in [-0.4, -0.2) is 0 Å². The molecule has 6 aromatic rings. The largest absolute Gasteiger partial charge is 0.399 e. The highest BCUT2D eigenvalue weighted by Gasteiger charge is 2.16. The maximum Gasteiger partial charge on any atom is 0.0320 e. The molecular weight excluding hydrogens is 374 g/mol. The highest BCUT2D eigenvalue weighted by Crippen LogP contribution is 2.44. The van der Waals surface area contributed by atoms with Crippen molar-refractivity contribution in [1.82, 2.24) is 0 Å². The molecular formula is C30H21N. The smallest absolute Gasteiger partial charge is 0.0320 e. The number of hydrogen-bond donors (Lipinski definition) is 1. The summed E-state index contributed by atoms with van der Waals surface area (Å²) < 4.78 is 0. The van der Waals surface area contributed by atoms with Crippen molar-refractivity contribution in [2.45, 2.75) is 0 Å². The summed E-state index contributed by atoms with van der Waals surface area (Å²) in [5.41, 5.74) is 11.9. The van der Waals surface area contributed by atoms with Gasteiger partial charge in [-0.1, -0.05) is 97.1 Å². The van der Waals surface area contributed by atoms with Crippen molar-refractivity contribution in [1.29, 1.82) is 0 Å². The Morgan fingerprint density at radius 3 is 1.48 bits per heavy atom. The van der Waals surface area contributed by atoms with Gasteiger partial charge >= 0.3 is 0 Å². The van der Waals surface area contributed by atoms with Crippen molar-refractivity contribution in [3.8, 4) is 22.3 Å². The summed E-state index contributed by atoms with van der Waals surface area (Å²) in [6.45, 7) is 0. The SMILES string of the molecule is Nc1cccc(-c2c3ccccc3c(-c3ccc4ccccc4c3)c3ccccc23)c1. The van der Waals surface area contributed by atoms with Gasteiger partial charge in [-0.25, -0.2) is 0 Å². The number of hydrogen-bond acceptors (Lipinski definition) is 1. The highest BCUT2D eigenvalue weighted by molar-refractivity contribution is 6.21. The van der Waals surface area contributed by atoms with Gasteiger partial charge in [-0.05, 0) is 72.8 Å². The van der Waals surface area contributed by atoms with Crippen molar-refractivity contribution >= 4 is 38.0 Å². The fraction of sp³-hybridized carbons (Fsp3) is 0. The molecule has 1 nitrogen and oxygen atoms in total. The lowest BCUT2D eigenvalue weighted by Crippen LogP contribution is -1.92. The predicted molar refractivity (Wildman–Crippen MR) is 134 cm³/mol. The van der Waals surface area contributed by atoms with E-state index in [1.807, 2.05) is 12.1 Å². The third-order valence-electron chi connectivity index (χ3n) is 6.14. The molecule has 2 N–H and O–H groups in total. The molecule has 1 heteroatoms. The quantitative estimate of drug-likeness (QED) is 0.233. The molecule has 0 bridgehead atoms. The van der Waals surface area contributed by atoms with Gasteiger partial charge in [-0.2, -0.15) is 0 Å². The Morgan fingerprint density at radius 1 is 0.387 bits per heavy atom. The van der Waals surface area contributed by atoms with Crippen LogP contribution in [0, 0.1) is 0 Å². The molecule has 0 unspecified atom stereocenters. The van der Waals surface area contributed by atoms with Crippen LogP contribution in [0.25, 0.3) is 54.6 Å². The van der Waals surface area contributed by atoms with Crippen LogP contribution in [0.5, 0.6) is 0 Å². The highest BCUT2D eigenvalue weighted by atomic mass is 14.5. The Bertz CT molecular complexity index is 1540. The topological polar surface area (TPSA) is 26.0 Å². The number of rotatable bonds is 2. The van der Waals surface area contributed by atoms with E-state index in [0.29, 0.717) is 0 Å². The van der Waals surface area contributed by atoms with Crippen LogP contribution in [0.2, 0.25) is 0 Å². The third kappa shape index (κ3) is 2.86. The predicted octanol–water partition coefficient (Wildman–Crippen LogP) is 8.06. The molecule has 0 radical (unpaired) electrons. The zero-order valence-electron chi connectivity index (χ0n) is 17.0. The molecule has 0 aliphatic carbocycles. The van der Waals surface area contributed by atoms with E-state index in [2.05, 4.69) is 103 Å². The molecule has 0 spiro atoms. The standard InChI is InChI=1S/C30H21N/c31-24-11-7-10-22(19-24)29-25-12-3-5-14-27(25)30(28-15-6-4-13-26(28)29)23-17-16-20-8-1-2-9-21(20)18-23/h1-19H,31H2. The van der Waals surface area contributed by atoms with Crippen molar-refractivity contribution in [3.63, 3.8) is 0 Å². The first-order valence-electron chi connectivity index (χ1n) is 10.6. The molecule has 31 heavy (non-hydrogen) atoms. The molecule has 0 saturated carbocycles. The summed E-state index contributed by atoms with van der Waals surface area (Å²) in [5, 5.41) is 7.53. The van der Waals surface area contributed by atoms with Gasteiger partial charge in [0, 0.05) is 5.69 Å². The molecule has 0 aromatic heterocycles. The first-order valence-corrected chi connectivity index (χ1v) is 10.6. The van der Waals surface area contributed by atoms with Gasteiger partial charge in [0.15, 0.2) is 0 Å². The van der Waals surface area contributed by atoms with Crippen LogP contribution >= 0.6 is 0 Å². The fourth-order valence-corrected chi connectivity index (χ4v) is 4.79. The van der Waals surface area contributed by atoms with Gasteiger partial charge < -0.3 is 5.73 Å². The van der Waals surface area contributed by atoms with Crippen molar-refractivity contribution in [2.75, 3.05) is 5.73 Å². The molecule has 0 atom stereocenters. The van der Waals surface area contributed by atoms with Crippen molar-refractivity contribution in [2.24, 2.45) is 0 Å². The summed E-state index contributed by atoms with van der Waals surface area (Å²) >= 11 is 0. The lowest BCUT2D eigenvalue weighted by atomic mass is 9.85. The first-order chi connectivity index (χ1) is 15.3. The van der Waals surface area contributed by atoms with E-state index in [1.165, 1.54) is 49.0 Å². The Balaban J connectivity index is 1.78. The zero-order valence-corrected chi connectivity index (χ0v) is 17.0. The van der Waals surface area contributed by atoms with Crippen molar-refractivity contribution < 1.29 is 0 Å². The van der Waals surface area contributed by atoms with Crippen LogP contribution in [0.4, 0.5) is 5.69 Å². The number of nitrogens with two attached hydrogens (primary N) is 1. The summed E-state index contributed by atoms with van der Waals surface area (Å²) in [7, 11) is 0. The Hall–Kier alpha value is -4.10. The van der Waals surface area contributed by atoms with Crippen LogP contribution in [0.1, 0.15) is 0 Å². The molecule has 146 valence electrons. The van der Waals surface area contributed by atoms with Crippen LogP contribution in [0.3, 0.4) is 0 Å². The monoisotopic (exact) mass is 395 g/mol. The minimum absolute atomic E-state index is 0.782. The Morgan fingerprint density at radius 2 is 0.903 bits per heavy atom. The summed E-state index contributed by atoms with van der Waals surface area (Å²) in [4.78, 5) is 0. The molecule has 0 aliphatic heterocycles. The van der Waals surface area contributed by atoms with E-state index >= 15 is 0 Å². The lowest BCUT2D eigenvalue weighted by molar-refractivity contribution is 1.65. The van der Waals surface area contributed by atoms with Gasteiger partial charge in [0.2, 0.25) is 0 Å². The molecule has 0 aliphatic rings. The summed E-state index contributed by atoms with van der Waals surface area (Å²) in [6.07, 6.45) is 0. The molecule has 6 rings (SSSR count). The average Bonchev–Trinajstić information content (AvgIpc) is 2.82. The van der Waals surface area contributed by atoms with Gasteiger partial charge in [0.1, 0.15) is 0 Å². The van der Waals surface area contributed by atoms with Gasteiger partial charge in [0.05, 0.1) is 0 Å². The Kier molecular flexibility index (Phi) is 4.00. The second-order valence-electron chi connectivity index (χ2n) is 8.03. The Labute approximate surface area is 181 Å². The summed E-state index contributed by atoms with van der Waals surface area (Å²) in [5.74, 6) is 0. The normalized spacial score (nSPS) is 11.4. The van der Waals surface area contributed by atoms with Gasteiger partial charge in [0.25, 0.3) is 0 Å². The summed E-state index contributed by atoms with van der Waals surface area (Å²) in [6, 6.07) is 41.0. The molecule has 6 aromatic carbocycles. The molecule has 0 amide bonds. The number of benzene rings is 6. The van der Waals surface area contributed by atoms with E-state index < -0.39 is 0 Å². The second kappa shape index (κ2) is 7.00. The van der Waals surface area contributed by atoms with E-state index in [-0.39, 0.29) is 0 Å². The number of nitrogen functional groups attached to an aromatic ring is 1.